The second-order valence-corrected chi connectivity index (χ2v) is 7.46. The molecule has 5 heteroatoms. The molecule has 1 aliphatic heterocycles. The number of halogens is 1. The fraction of sp³-hybridized carbons (Fsp3) is 0.273. The first kappa shape index (κ1) is 18.0. The lowest BCUT2D eigenvalue weighted by Gasteiger charge is -2.20. The van der Waals surface area contributed by atoms with Gasteiger partial charge in [-0.15, -0.1) is 0 Å². The molecule has 4 rings (SSSR count). The van der Waals surface area contributed by atoms with Gasteiger partial charge in [-0.3, -0.25) is 9.78 Å². The third kappa shape index (κ3) is 3.82. The second-order valence-electron chi connectivity index (χ2n) is 7.03. The monoisotopic (exact) mass is 380 g/mol. The number of fused-ring (bicyclic) bond motifs is 1. The summed E-state index contributed by atoms with van der Waals surface area (Å²) in [7, 11) is 0. The Bertz CT molecular complexity index is 984. The minimum Gasteiger partial charge on any atom is -0.379 e. The molecule has 0 aliphatic carbocycles. The Balaban J connectivity index is 1.51. The minimum absolute atomic E-state index is 0.0143. The molecular weight excluding hydrogens is 360 g/mol. The highest BCUT2D eigenvalue weighted by atomic mass is 35.5. The van der Waals surface area contributed by atoms with Crippen LogP contribution in [0.2, 0.25) is 5.02 Å². The Kier molecular flexibility index (Phi) is 5.10. The van der Waals surface area contributed by atoms with Crippen molar-refractivity contribution in [2.45, 2.75) is 19.4 Å². The highest BCUT2D eigenvalue weighted by Crippen LogP contribution is 2.24. The zero-order chi connectivity index (χ0) is 18.8. The van der Waals surface area contributed by atoms with E-state index >= 15 is 0 Å². The van der Waals surface area contributed by atoms with Gasteiger partial charge in [-0.05, 0) is 54.8 Å². The molecular formula is C22H21ClN2O2. The van der Waals surface area contributed by atoms with Gasteiger partial charge in [0.15, 0.2) is 0 Å². The molecule has 1 aromatic heterocycles. The van der Waals surface area contributed by atoms with Crippen LogP contribution in [0.15, 0.2) is 54.7 Å². The number of nitrogens with one attached hydrogen (secondary N) is 1. The quantitative estimate of drug-likeness (QED) is 0.738. The van der Waals surface area contributed by atoms with E-state index < -0.39 is 0 Å². The van der Waals surface area contributed by atoms with Crippen molar-refractivity contribution in [2.75, 3.05) is 13.2 Å². The number of carbonyl (C=O) groups excluding carboxylic acids is 1. The zero-order valence-electron chi connectivity index (χ0n) is 15.1. The van der Waals surface area contributed by atoms with Crippen molar-refractivity contribution in [1.29, 1.82) is 0 Å². The van der Waals surface area contributed by atoms with Crippen molar-refractivity contribution in [1.82, 2.24) is 10.3 Å². The molecule has 1 amide bonds. The van der Waals surface area contributed by atoms with Crippen LogP contribution in [-0.2, 0) is 11.2 Å². The van der Waals surface area contributed by atoms with Crippen LogP contribution in [0.1, 0.15) is 21.5 Å². The summed E-state index contributed by atoms with van der Waals surface area (Å²) in [6.45, 7) is 3.07. The Hall–Kier alpha value is -2.43. The van der Waals surface area contributed by atoms with Gasteiger partial charge in [0, 0.05) is 28.1 Å². The van der Waals surface area contributed by atoms with Gasteiger partial charge >= 0.3 is 0 Å². The molecule has 0 bridgehead atoms. The number of para-hydroxylation sites is 1. The first-order chi connectivity index (χ1) is 13.1. The Morgan fingerprint density at radius 3 is 2.93 bits per heavy atom. The molecule has 0 spiro atoms. The molecule has 1 aliphatic rings. The number of ether oxygens (including phenoxy) is 1. The zero-order valence-corrected chi connectivity index (χ0v) is 15.9. The van der Waals surface area contributed by atoms with Gasteiger partial charge < -0.3 is 10.1 Å². The number of pyridine rings is 1. The van der Waals surface area contributed by atoms with Gasteiger partial charge in [0.25, 0.3) is 5.91 Å². The van der Waals surface area contributed by atoms with Crippen LogP contribution in [0.5, 0.6) is 0 Å². The largest absolute Gasteiger partial charge is 0.379 e. The van der Waals surface area contributed by atoms with Gasteiger partial charge in [0.2, 0.25) is 0 Å². The number of aryl methyl sites for hydroxylation is 1. The molecule has 4 nitrogen and oxygen atoms in total. The van der Waals surface area contributed by atoms with Gasteiger partial charge in [0.1, 0.15) is 0 Å². The van der Waals surface area contributed by atoms with Crippen molar-refractivity contribution in [3.8, 4) is 0 Å². The number of carbonyl (C=O) groups is 1. The smallest absolute Gasteiger partial charge is 0.251 e. The van der Waals surface area contributed by atoms with E-state index in [1.165, 1.54) is 5.56 Å². The molecule has 2 aromatic carbocycles. The maximum Gasteiger partial charge on any atom is 0.251 e. The SMILES string of the molecule is Cc1cc(Cl)ccc1C(=O)N[C@@H]1COC[C@H]1Cc1ccnc2ccccc12. The van der Waals surface area contributed by atoms with Crippen molar-refractivity contribution in [2.24, 2.45) is 5.92 Å². The third-order valence-corrected chi connectivity index (χ3v) is 5.40. The number of benzene rings is 2. The normalized spacial score (nSPS) is 19.3. The number of hydrogen-bond donors (Lipinski definition) is 1. The van der Waals surface area contributed by atoms with Crippen LogP contribution in [-0.4, -0.2) is 30.1 Å². The lowest BCUT2D eigenvalue weighted by molar-refractivity contribution is 0.0924. The van der Waals surface area contributed by atoms with Crippen LogP contribution in [0.3, 0.4) is 0 Å². The van der Waals surface area contributed by atoms with E-state index in [0.717, 1.165) is 22.9 Å². The van der Waals surface area contributed by atoms with E-state index in [9.17, 15) is 4.79 Å². The molecule has 138 valence electrons. The summed E-state index contributed by atoms with van der Waals surface area (Å²) in [5, 5.41) is 4.94. The van der Waals surface area contributed by atoms with Crippen LogP contribution in [0.4, 0.5) is 0 Å². The van der Waals surface area contributed by atoms with Crippen molar-refractivity contribution < 1.29 is 9.53 Å². The van der Waals surface area contributed by atoms with Gasteiger partial charge in [-0.25, -0.2) is 0 Å². The van der Waals surface area contributed by atoms with E-state index in [1.807, 2.05) is 37.4 Å². The maximum absolute atomic E-state index is 12.7. The molecule has 2 atom stereocenters. The van der Waals surface area contributed by atoms with Crippen molar-refractivity contribution in [3.63, 3.8) is 0 Å². The standard InChI is InChI=1S/C22H21ClN2O2/c1-14-10-17(23)6-7-18(14)22(26)25-21-13-27-12-16(21)11-15-8-9-24-20-5-3-2-4-19(15)20/h2-10,16,21H,11-13H2,1H3,(H,25,26)/t16-,21-/m1/s1. The van der Waals surface area contributed by atoms with E-state index in [2.05, 4.69) is 22.4 Å². The van der Waals surface area contributed by atoms with E-state index in [0.29, 0.717) is 23.8 Å². The molecule has 0 unspecified atom stereocenters. The fourth-order valence-electron chi connectivity index (χ4n) is 3.70. The molecule has 27 heavy (non-hydrogen) atoms. The second kappa shape index (κ2) is 7.67. The van der Waals surface area contributed by atoms with Crippen molar-refractivity contribution >= 4 is 28.4 Å². The predicted octanol–water partition coefficient (Wildman–Crippen LogP) is 4.18. The Labute approximate surface area is 163 Å². The highest BCUT2D eigenvalue weighted by Gasteiger charge is 2.30. The summed E-state index contributed by atoms with van der Waals surface area (Å²) >= 11 is 6.00. The number of amides is 1. The number of aromatic nitrogens is 1. The predicted molar refractivity (Wildman–Crippen MR) is 107 cm³/mol. The van der Waals surface area contributed by atoms with Gasteiger partial charge in [-0.1, -0.05) is 29.8 Å². The number of rotatable bonds is 4. The molecule has 3 aromatic rings. The molecule has 1 saturated heterocycles. The average molecular weight is 381 g/mol. The summed E-state index contributed by atoms with van der Waals surface area (Å²) in [6.07, 6.45) is 2.69. The average Bonchev–Trinajstić information content (AvgIpc) is 3.08. The maximum atomic E-state index is 12.7. The summed E-state index contributed by atoms with van der Waals surface area (Å²) < 4.78 is 5.69. The van der Waals surface area contributed by atoms with Crippen LogP contribution in [0, 0.1) is 12.8 Å². The molecule has 1 N–H and O–H groups in total. The topological polar surface area (TPSA) is 51.2 Å². The minimum atomic E-state index is -0.0794. The molecule has 2 heterocycles. The fourth-order valence-corrected chi connectivity index (χ4v) is 3.93. The first-order valence-corrected chi connectivity index (χ1v) is 9.47. The van der Waals surface area contributed by atoms with Crippen LogP contribution >= 0.6 is 11.6 Å². The van der Waals surface area contributed by atoms with Gasteiger partial charge in [-0.2, -0.15) is 0 Å². The molecule has 1 fully saturated rings. The molecule has 0 saturated carbocycles. The number of nitrogens with zero attached hydrogens (tertiary/aromatic N) is 1. The van der Waals surface area contributed by atoms with Gasteiger partial charge in [0.05, 0.1) is 24.8 Å². The molecule has 0 radical (unpaired) electrons. The summed E-state index contributed by atoms with van der Waals surface area (Å²) in [6, 6.07) is 15.5. The van der Waals surface area contributed by atoms with Crippen LogP contribution < -0.4 is 5.32 Å². The van der Waals surface area contributed by atoms with E-state index in [4.69, 9.17) is 16.3 Å². The lowest BCUT2D eigenvalue weighted by Crippen LogP contribution is -2.40. The Morgan fingerprint density at radius 2 is 2.07 bits per heavy atom. The summed E-state index contributed by atoms with van der Waals surface area (Å²) in [5.41, 5.74) is 3.75. The van der Waals surface area contributed by atoms with E-state index in [-0.39, 0.29) is 17.9 Å². The van der Waals surface area contributed by atoms with Crippen LogP contribution in [0.25, 0.3) is 10.9 Å². The van der Waals surface area contributed by atoms with E-state index in [1.54, 1.807) is 12.1 Å². The highest BCUT2D eigenvalue weighted by molar-refractivity contribution is 6.30. The number of hydrogen-bond acceptors (Lipinski definition) is 3. The Morgan fingerprint density at radius 1 is 1.22 bits per heavy atom. The first-order valence-electron chi connectivity index (χ1n) is 9.09. The summed E-state index contributed by atoms with van der Waals surface area (Å²) in [4.78, 5) is 17.2. The summed E-state index contributed by atoms with van der Waals surface area (Å²) in [5.74, 6) is 0.150. The van der Waals surface area contributed by atoms with Crippen molar-refractivity contribution in [3.05, 3.63) is 76.4 Å². The lowest BCUT2D eigenvalue weighted by atomic mass is 9.93. The third-order valence-electron chi connectivity index (χ3n) is 5.17.